The van der Waals surface area contributed by atoms with Gasteiger partial charge in [0.1, 0.15) is 5.75 Å². The topological polar surface area (TPSA) is 87.4 Å². The van der Waals surface area contributed by atoms with Gasteiger partial charge in [-0.1, -0.05) is 57.5 Å². The van der Waals surface area contributed by atoms with Crippen LogP contribution in [0, 0.1) is 0 Å². The summed E-state index contributed by atoms with van der Waals surface area (Å²) in [6.07, 6.45) is 0.586. The lowest BCUT2D eigenvalue weighted by Crippen LogP contribution is -2.20. The maximum absolute atomic E-state index is 13.6. The average molecular weight is 516 g/mol. The molecule has 0 fully saturated rings. The fourth-order valence-corrected chi connectivity index (χ4v) is 4.20. The summed E-state index contributed by atoms with van der Waals surface area (Å²) in [6.45, 7) is 13.0. The Bertz CT molecular complexity index is 1130. The summed E-state index contributed by atoms with van der Waals surface area (Å²) in [5, 5.41) is 23.4. The molecule has 0 amide bonds. The van der Waals surface area contributed by atoms with Gasteiger partial charge >= 0.3 is 0 Å². The number of carbonyl (C=O) groups excluding carboxylic acids is 1. The number of anilines is 1. The second-order valence-electron chi connectivity index (χ2n) is 10.5. The number of imidazole rings is 1. The highest BCUT2D eigenvalue weighted by atomic mass is 79.9. The standard InChI is InChI=1S/C26H34BrN3O3/c1-25(2,3)18-12-16(13-19(23(18)33)26(4,5)6)22(32)15-30-21-9-8-17(27)14-20(21)29-24(30)28-10-7-11-31/h8-9,12-14,31,33H,7,10-11,15H2,1-6H3,(H,28,29). The van der Waals surface area contributed by atoms with Crippen molar-refractivity contribution >= 4 is 38.7 Å². The van der Waals surface area contributed by atoms with E-state index >= 15 is 0 Å². The smallest absolute Gasteiger partial charge is 0.204 e. The van der Waals surface area contributed by atoms with Crippen LogP contribution in [0.25, 0.3) is 11.0 Å². The number of halogens is 1. The summed E-state index contributed by atoms with van der Waals surface area (Å²) in [7, 11) is 0. The summed E-state index contributed by atoms with van der Waals surface area (Å²) in [5.74, 6) is 0.796. The van der Waals surface area contributed by atoms with E-state index in [1.807, 2.05) is 76.4 Å². The maximum Gasteiger partial charge on any atom is 0.204 e. The van der Waals surface area contributed by atoms with E-state index in [0.717, 1.165) is 26.6 Å². The second-order valence-corrected chi connectivity index (χ2v) is 11.4. The minimum absolute atomic E-state index is 0.0570. The monoisotopic (exact) mass is 515 g/mol. The number of aromatic nitrogens is 2. The van der Waals surface area contributed by atoms with Crippen molar-refractivity contribution in [3.8, 4) is 5.75 Å². The lowest BCUT2D eigenvalue weighted by atomic mass is 9.78. The van der Waals surface area contributed by atoms with Gasteiger partial charge in [0.05, 0.1) is 17.6 Å². The Morgan fingerprint density at radius 1 is 1.06 bits per heavy atom. The fourth-order valence-electron chi connectivity index (χ4n) is 3.85. The molecule has 3 rings (SSSR count). The number of phenols is 1. The Morgan fingerprint density at radius 3 is 2.21 bits per heavy atom. The van der Waals surface area contributed by atoms with E-state index in [1.54, 1.807) is 0 Å². The molecule has 0 aliphatic rings. The largest absolute Gasteiger partial charge is 0.507 e. The van der Waals surface area contributed by atoms with Gasteiger partial charge < -0.3 is 20.1 Å². The molecule has 3 aromatic rings. The van der Waals surface area contributed by atoms with E-state index in [2.05, 4.69) is 26.2 Å². The third-order valence-corrected chi connectivity index (χ3v) is 6.17. The minimum Gasteiger partial charge on any atom is -0.507 e. The number of hydrogen-bond acceptors (Lipinski definition) is 5. The Kier molecular flexibility index (Phi) is 7.24. The first kappa shape index (κ1) is 25.2. The quantitative estimate of drug-likeness (QED) is 0.274. The number of hydrogen-bond donors (Lipinski definition) is 3. The molecule has 178 valence electrons. The molecule has 0 aliphatic heterocycles. The van der Waals surface area contributed by atoms with E-state index in [-0.39, 0.29) is 35.5 Å². The van der Waals surface area contributed by atoms with Crippen molar-refractivity contribution in [1.29, 1.82) is 0 Å². The summed E-state index contributed by atoms with van der Waals surface area (Å²) in [5.41, 5.74) is 3.10. The van der Waals surface area contributed by atoms with Crippen LogP contribution in [0.15, 0.2) is 34.8 Å². The molecule has 33 heavy (non-hydrogen) atoms. The van der Waals surface area contributed by atoms with Gasteiger partial charge in [-0.05, 0) is 47.6 Å². The summed E-state index contributed by atoms with van der Waals surface area (Å²) in [4.78, 5) is 18.2. The number of ketones is 1. The van der Waals surface area contributed by atoms with Crippen molar-refractivity contribution in [2.75, 3.05) is 18.5 Å². The van der Waals surface area contributed by atoms with E-state index in [4.69, 9.17) is 5.11 Å². The van der Waals surface area contributed by atoms with E-state index in [9.17, 15) is 9.90 Å². The number of phenolic OH excluding ortho intramolecular Hbond substituents is 1. The summed E-state index contributed by atoms with van der Waals surface area (Å²) < 4.78 is 2.79. The lowest BCUT2D eigenvalue weighted by Gasteiger charge is -2.28. The van der Waals surface area contributed by atoms with Crippen molar-refractivity contribution in [2.24, 2.45) is 0 Å². The predicted molar refractivity (Wildman–Crippen MR) is 137 cm³/mol. The number of fused-ring (bicyclic) bond motifs is 1. The van der Waals surface area contributed by atoms with E-state index in [0.29, 0.717) is 24.5 Å². The second kappa shape index (κ2) is 9.47. The molecule has 0 atom stereocenters. The number of rotatable bonds is 7. The van der Waals surface area contributed by atoms with Gasteiger partial charge in [-0.2, -0.15) is 0 Å². The third kappa shape index (κ3) is 5.58. The molecule has 1 heterocycles. The number of aromatic hydroxyl groups is 1. The molecular formula is C26H34BrN3O3. The number of benzene rings is 2. The molecule has 1 aromatic heterocycles. The maximum atomic E-state index is 13.6. The van der Waals surface area contributed by atoms with Crippen molar-refractivity contribution in [3.05, 3.63) is 51.5 Å². The van der Waals surface area contributed by atoms with Crippen molar-refractivity contribution in [2.45, 2.75) is 65.3 Å². The average Bonchev–Trinajstić information content (AvgIpc) is 3.02. The highest BCUT2D eigenvalue weighted by molar-refractivity contribution is 9.10. The van der Waals surface area contributed by atoms with Gasteiger partial charge in [-0.15, -0.1) is 0 Å². The molecule has 0 saturated carbocycles. The van der Waals surface area contributed by atoms with Crippen LogP contribution in [0.4, 0.5) is 5.95 Å². The Labute approximate surface area is 204 Å². The molecule has 6 nitrogen and oxygen atoms in total. The zero-order valence-electron chi connectivity index (χ0n) is 20.3. The van der Waals surface area contributed by atoms with Crippen molar-refractivity contribution in [3.63, 3.8) is 0 Å². The molecule has 7 heteroatoms. The summed E-state index contributed by atoms with van der Waals surface area (Å²) in [6, 6.07) is 9.43. The van der Waals surface area contributed by atoms with Crippen molar-refractivity contribution < 1.29 is 15.0 Å². The molecule has 0 aliphatic carbocycles. The van der Waals surface area contributed by atoms with E-state index in [1.165, 1.54) is 0 Å². The van der Waals surface area contributed by atoms with Crippen LogP contribution < -0.4 is 5.32 Å². The SMILES string of the molecule is CC(C)(C)c1cc(C(=O)Cn2c(NCCCO)nc3cc(Br)ccc32)cc(C(C)(C)C)c1O. The van der Waals surface area contributed by atoms with Gasteiger partial charge in [0.15, 0.2) is 5.78 Å². The lowest BCUT2D eigenvalue weighted by molar-refractivity contribution is 0.0973. The zero-order valence-corrected chi connectivity index (χ0v) is 21.9. The van der Waals surface area contributed by atoms with Gasteiger partial charge in [0.25, 0.3) is 0 Å². The molecule has 2 aromatic carbocycles. The predicted octanol–water partition coefficient (Wildman–Crippen LogP) is 5.78. The molecule has 0 saturated heterocycles. The van der Waals surface area contributed by atoms with Crippen LogP contribution in [0.3, 0.4) is 0 Å². The van der Waals surface area contributed by atoms with Gasteiger partial charge in [0.2, 0.25) is 5.95 Å². The van der Waals surface area contributed by atoms with Crippen LogP contribution in [0.1, 0.15) is 69.4 Å². The molecule has 0 unspecified atom stereocenters. The zero-order chi connectivity index (χ0) is 24.6. The number of carbonyl (C=O) groups is 1. The van der Waals surface area contributed by atoms with Crippen LogP contribution >= 0.6 is 15.9 Å². The first-order valence-corrected chi connectivity index (χ1v) is 12.0. The minimum atomic E-state index is -0.314. The van der Waals surface area contributed by atoms with Crippen LogP contribution in [-0.4, -0.2) is 38.7 Å². The highest BCUT2D eigenvalue weighted by Gasteiger charge is 2.28. The van der Waals surface area contributed by atoms with Crippen LogP contribution in [0.5, 0.6) is 5.75 Å². The summed E-state index contributed by atoms with van der Waals surface area (Å²) >= 11 is 3.48. The normalized spacial score (nSPS) is 12.4. The Hall–Kier alpha value is -2.38. The van der Waals surface area contributed by atoms with Crippen LogP contribution in [-0.2, 0) is 17.4 Å². The number of aliphatic hydroxyl groups is 1. The fraction of sp³-hybridized carbons (Fsp3) is 0.462. The molecule has 0 bridgehead atoms. The van der Waals surface area contributed by atoms with E-state index < -0.39 is 0 Å². The van der Waals surface area contributed by atoms with Gasteiger partial charge in [-0.25, -0.2) is 4.98 Å². The number of aliphatic hydroxyl groups excluding tert-OH is 1. The first-order chi connectivity index (χ1) is 15.3. The molecule has 0 radical (unpaired) electrons. The third-order valence-electron chi connectivity index (χ3n) is 5.68. The Balaban J connectivity index is 2.07. The number of nitrogens with zero attached hydrogens (tertiary/aromatic N) is 2. The van der Waals surface area contributed by atoms with Gasteiger partial charge in [-0.3, -0.25) is 4.79 Å². The molecule has 0 spiro atoms. The van der Waals surface area contributed by atoms with Gasteiger partial charge in [0, 0.05) is 34.3 Å². The molecule has 3 N–H and O–H groups in total. The highest BCUT2D eigenvalue weighted by Crippen LogP contribution is 2.40. The first-order valence-electron chi connectivity index (χ1n) is 11.2. The molecular weight excluding hydrogens is 482 g/mol. The number of nitrogens with one attached hydrogen (secondary N) is 1. The van der Waals surface area contributed by atoms with Crippen molar-refractivity contribution in [1.82, 2.24) is 9.55 Å². The Morgan fingerprint density at radius 2 is 1.67 bits per heavy atom. The number of Topliss-reactive ketones (excluding diaryl/α,β-unsaturated/α-hetero) is 1. The van der Waals surface area contributed by atoms with Crippen LogP contribution in [0.2, 0.25) is 0 Å².